The van der Waals surface area contributed by atoms with Crippen LogP contribution in [0.25, 0.3) is 0 Å². The maximum atomic E-state index is 13.6. The van der Waals surface area contributed by atoms with Crippen LogP contribution in [-0.4, -0.2) is 70.4 Å². The van der Waals surface area contributed by atoms with Crippen molar-refractivity contribution in [1.29, 1.82) is 0 Å². The monoisotopic (exact) mass is 534 g/mol. The topological polar surface area (TPSA) is 91.7 Å². The number of urea groups is 1. The number of halogens is 6. The number of anilines is 1. The van der Waals surface area contributed by atoms with E-state index in [-0.39, 0.29) is 37.4 Å². The van der Waals surface area contributed by atoms with E-state index in [2.05, 4.69) is 15.7 Å². The van der Waals surface area contributed by atoms with Crippen LogP contribution in [0.15, 0.2) is 18.2 Å². The number of hydrogen-bond acceptors (Lipinski definition) is 5. The van der Waals surface area contributed by atoms with Crippen molar-refractivity contribution in [3.63, 3.8) is 0 Å². The van der Waals surface area contributed by atoms with Crippen LogP contribution in [0.4, 0.5) is 36.8 Å². The number of nitrogens with one attached hydrogen (secondary N) is 2. The molecule has 2 atom stereocenters. The third-order valence-electron chi connectivity index (χ3n) is 6.11. The van der Waals surface area contributed by atoms with Crippen molar-refractivity contribution >= 4 is 17.6 Å². The predicted molar refractivity (Wildman–Crippen MR) is 117 cm³/mol. The molecule has 202 valence electrons. The Balaban J connectivity index is 1.55. The second kappa shape index (κ2) is 10.2. The lowest BCUT2D eigenvalue weighted by molar-refractivity contribution is -0.146. The Kier molecular flexibility index (Phi) is 7.37. The average Bonchev–Trinajstić information content (AvgIpc) is 3.08. The summed E-state index contributed by atoms with van der Waals surface area (Å²) in [6.07, 6.45) is -7.90. The van der Waals surface area contributed by atoms with Gasteiger partial charge in [-0.1, -0.05) is 0 Å². The summed E-state index contributed by atoms with van der Waals surface area (Å²) in [5.74, 6) is -2.01. The van der Waals surface area contributed by atoms with E-state index in [0.717, 1.165) is 11.1 Å². The molecule has 0 spiro atoms. The molecule has 2 N–H and O–H groups in total. The molecule has 37 heavy (non-hydrogen) atoms. The van der Waals surface area contributed by atoms with E-state index in [4.69, 9.17) is 4.84 Å². The minimum absolute atomic E-state index is 0.0362. The Labute approximate surface area is 207 Å². The summed E-state index contributed by atoms with van der Waals surface area (Å²) in [5, 5.41) is 10.4. The largest absolute Gasteiger partial charge is 0.419 e. The van der Waals surface area contributed by atoms with Crippen molar-refractivity contribution in [2.75, 3.05) is 25.5 Å². The van der Waals surface area contributed by atoms with Crippen molar-refractivity contribution in [1.82, 2.24) is 25.1 Å². The Morgan fingerprint density at radius 3 is 2.70 bits per heavy atom. The number of aromatic nitrogens is 2. The van der Waals surface area contributed by atoms with Crippen LogP contribution in [0, 0.1) is 5.82 Å². The molecule has 0 bridgehead atoms. The fraction of sp³-hybridized carbons (Fsp3) is 0.500. The summed E-state index contributed by atoms with van der Waals surface area (Å²) >= 11 is 0. The average molecular weight is 534 g/mol. The molecule has 1 aromatic carbocycles. The number of alkyl halides is 5. The van der Waals surface area contributed by atoms with E-state index in [1.165, 1.54) is 16.6 Å². The first kappa shape index (κ1) is 26.7. The van der Waals surface area contributed by atoms with Gasteiger partial charge in [-0.3, -0.25) is 14.3 Å². The molecule has 0 fully saturated rings. The fourth-order valence-electron chi connectivity index (χ4n) is 4.36. The molecule has 2 aliphatic heterocycles. The SMILES string of the molecule is C[C@@H]1Cc2nn3c(c2CN1C(=O)Nc1ccc(F)c(C(F)(F)F)c1)C(=O)N(C)O[C@@H](CNCC(F)F)C3. The second-order valence-corrected chi connectivity index (χ2v) is 8.84. The normalized spacial score (nSPS) is 20.1. The Hall–Kier alpha value is -3.33. The number of benzene rings is 1. The van der Waals surface area contributed by atoms with Gasteiger partial charge in [-0.15, -0.1) is 0 Å². The lowest BCUT2D eigenvalue weighted by Gasteiger charge is -2.33. The third kappa shape index (κ3) is 5.66. The summed E-state index contributed by atoms with van der Waals surface area (Å²) < 4.78 is 79.1. The Morgan fingerprint density at radius 1 is 1.30 bits per heavy atom. The van der Waals surface area contributed by atoms with Gasteiger partial charge in [-0.2, -0.15) is 18.3 Å². The highest BCUT2D eigenvalue weighted by Gasteiger charge is 2.38. The molecule has 2 aliphatic rings. The molecule has 0 unspecified atom stereocenters. The Morgan fingerprint density at radius 2 is 2.03 bits per heavy atom. The minimum atomic E-state index is -4.94. The zero-order chi connectivity index (χ0) is 27.1. The van der Waals surface area contributed by atoms with E-state index < -0.39 is 54.6 Å². The van der Waals surface area contributed by atoms with Crippen LogP contribution in [0.1, 0.15) is 34.2 Å². The highest BCUT2D eigenvalue weighted by molar-refractivity contribution is 5.94. The number of amides is 3. The van der Waals surface area contributed by atoms with Crippen molar-refractivity contribution < 1.29 is 40.8 Å². The Bertz CT molecular complexity index is 1190. The van der Waals surface area contributed by atoms with Crippen molar-refractivity contribution in [2.45, 2.75) is 51.2 Å². The zero-order valence-corrected chi connectivity index (χ0v) is 19.8. The first-order valence-electron chi connectivity index (χ1n) is 11.3. The van der Waals surface area contributed by atoms with Crippen LogP contribution in [0.3, 0.4) is 0 Å². The number of fused-ring (bicyclic) bond motifs is 3. The van der Waals surface area contributed by atoms with E-state index >= 15 is 0 Å². The molecule has 0 saturated carbocycles. The first-order valence-corrected chi connectivity index (χ1v) is 11.3. The molecule has 1 aromatic heterocycles. The van der Waals surface area contributed by atoms with Crippen LogP contribution < -0.4 is 10.6 Å². The van der Waals surface area contributed by atoms with Gasteiger partial charge in [0.05, 0.1) is 30.9 Å². The van der Waals surface area contributed by atoms with Gasteiger partial charge in [0.15, 0.2) is 0 Å². The smallest absolute Gasteiger partial charge is 0.317 e. The van der Waals surface area contributed by atoms with Gasteiger partial charge in [0.25, 0.3) is 12.3 Å². The number of carbonyl (C=O) groups excluding carboxylic acids is 2. The van der Waals surface area contributed by atoms with Gasteiger partial charge in [-0.05, 0) is 25.1 Å². The van der Waals surface area contributed by atoms with Gasteiger partial charge in [0, 0.05) is 37.3 Å². The number of carbonyl (C=O) groups is 2. The zero-order valence-electron chi connectivity index (χ0n) is 19.8. The fourth-order valence-corrected chi connectivity index (χ4v) is 4.36. The van der Waals surface area contributed by atoms with E-state index in [0.29, 0.717) is 23.4 Å². The molecule has 15 heteroatoms. The van der Waals surface area contributed by atoms with Crippen molar-refractivity contribution in [3.8, 4) is 0 Å². The molecular weight excluding hydrogens is 510 g/mol. The second-order valence-electron chi connectivity index (χ2n) is 8.84. The number of rotatable bonds is 5. The van der Waals surface area contributed by atoms with Gasteiger partial charge >= 0.3 is 12.2 Å². The third-order valence-corrected chi connectivity index (χ3v) is 6.11. The standard InChI is InChI=1S/C22H24F6N6O3/c1-11-5-17-14(10-33(11)21(36)30-12-3-4-16(23)15(6-12)22(26,27)28)19-20(35)32(2)37-13(9-34(19)31-17)7-29-8-18(24)25/h3-4,6,11,13,18,29H,5,7-10H2,1-2H3,(H,30,36)/t11-,13+/m1/s1. The molecule has 0 aliphatic carbocycles. The highest BCUT2D eigenvalue weighted by Crippen LogP contribution is 2.34. The van der Waals surface area contributed by atoms with Gasteiger partial charge in [0.1, 0.15) is 17.6 Å². The predicted octanol–water partition coefficient (Wildman–Crippen LogP) is 3.26. The van der Waals surface area contributed by atoms with Gasteiger partial charge < -0.3 is 15.5 Å². The van der Waals surface area contributed by atoms with E-state index in [1.807, 2.05) is 0 Å². The van der Waals surface area contributed by atoms with Crippen molar-refractivity contribution in [3.05, 3.63) is 46.5 Å². The first-order chi connectivity index (χ1) is 17.3. The summed E-state index contributed by atoms with van der Waals surface area (Å²) in [4.78, 5) is 32.9. The summed E-state index contributed by atoms with van der Waals surface area (Å²) in [7, 11) is 1.38. The molecular formula is C22H24F6N6O3. The van der Waals surface area contributed by atoms with E-state index in [9.17, 15) is 35.9 Å². The number of nitrogens with zero attached hydrogens (tertiary/aromatic N) is 4. The number of hydrogen-bond donors (Lipinski definition) is 2. The van der Waals surface area contributed by atoms with Crippen LogP contribution in [-0.2, 0) is 30.5 Å². The maximum Gasteiger partial charge on any atom is 0.419 e. The number of hydroxylamine groups is 2. The van der Waals surface area contributed by atoms with Crippen LogP contribution >= 0.6 is 0 Å². The molecule has 2 aromatic rings. The lowest BCUT2D eigenvalue weighted by Crippen LogP contribution is -2.45. The maximum absolute atomic E-state index is 13.6. The van der Waals surface area contributed by atoms with Gasteiger partial charge in [-0.25, -0.2) is 23.0 Å². The summed E-state index contributed by atoms with van der Waals surface area (Å²) in [5.41, 5.74) is -0.568. The van der Waals surface area contributed by atoms with Crippen molar-refractivity contribution in [2.24, 2.45) is 0 Å². The molecule has 9 nitrogen and oxygen atoms in total. The minimum Gasteiger partial charge on any atom is -0.317 e. The van der Waals surface area contributed by atoms with E-state index in [1.54, 1.807) is 6.92 Å². The lowest BCUT2D eigenvalue weighted by atomic mass is 9.99. The molecule has 0 radical (unpaired) electrons. The highest BCUT2D eigenvalue weighted by atomic mass is 19.4. The summed E-state index contributed by atoms with van der Waals surface area (Å²) in [6.45, 7) is 1.23. The molecule has 3 heterocycles. The molecule has 0 saturated heterocycles. The van der Waals surface area contributed by atoms with Crippen LogP contribution in [0.2, 0.25) is 0 Å². The molecule has 4 rings (SSSR count). The molecule has 3 amide bonds. The quantitative estimate of drug-likeness (QED) is 0.575. The summed E-state index contributed by atoms with van der Waals surface area (Å²) in [6, 6.07) is 0.984. The van der Waals surface area contributed by atoms with Crippen LogP contribution in [0.5, 0.6) is 0 Å². The van der Waals surface area contributed by atoms with Gasteiger partial charge in [0.2, 0.25) is 0 Å².